The van der Waals surface area contributed by atoms with E-state index in [1.165, 1.54) is 34.6 Å². The second kappa shape index (κ2) is 19.3. The van der Waals surface area contributed by atoms with Gasteiger partial charge in [0.2, 0.25) is 0 Å². The summed E-state index contributed by atoms with van der Waals surface area (Å²) >= 11 is 1.77. The Labute approximate surface area is 239 Å². The van der Waals surface area contributed by atoms with E-state index in [0.29, 0.717) is 17.8 Å². The Morgan fingerprint density at radius 3 is 1.42 bits per heavy atom. The fourth-order valence-corrected chi connectivity index (χ4v) is 8.55. The van der Waals surface area contributed by atoms with Crippen LogP contribution in [-0.4, -0.2) is 48.2 Å². The minimum atomic E-state index is -0.328. The quantitative estimate of drug-likeness (QED) is 0.281. The molecule has 0 saturated heterocycles. The average molecular weight is 587 g/mol. The van der Waals surface area contributed by atoms with E-state index < -0.39 is 0 Å². The molecule has 0 N–H and O–H groups in total. The van der Waals surface area contributed by atoms with Crippen molar-refractivity contribution in [2.75, 3.05) is 19.0 Å². The van der Waals surface area contributed by atoms with Gasteiger partial charge in [-0.25, -0.2) is 0 Å². The molecule has 4 radical (unpaired) electrons. The first-order valence-corrected chi connectivity index (χ1v) is 19.5. The van der Waals surface area contributed by atoms with Crippen LogP contribution in [0.2, 0.25) is 31.2 Å². The second-order valence-corrected chi connectivity index (χ2v) is 18.2. The summed E-state index contributed by atoms with van der Waals surface area (Å²) in [4.78, 5) is 2.19. The number of hydrogen-bond donors (Lipinski definition) is 0. The molecule has 2 rings (SSSR count). The van der Waals surface area contributed by atoms with E-state index in [-0.39, 0.29) is 25.0 Å². The Kier molecular flexibility index (Phi) is 20.0. The third kappa shape index (κ3) is 12.6. The van der Waals surface area contributed by atoms with Crippen molar-refractivity contribution in [2.24, 2.45) is 0 Å². The molecule has 204 valence electrons. The first-order valence-electron chi connectivity index (χ1n) is 13.7. The zero-order valence-electron chi connectivity index (χ0n) is 25.3. The minimum Gasteiger partial charge on any atom is -0.378 e. The van der Waals surface area contributed by atoms with Crippen LogP contribution in [0.4, 0.5) is 5.69 Å². The van der Waals surface area contributed by atoms with Crippen LogP contribution in [0.3, 0.4) is 0 Å². The van der Waals surface area contributed by atoms with Crippen molar-refractivity contribution in [3.05, 3.63) is 53.1 Å². The first-order chi connectivity index (χ1) is 16.3. The maximum absolute atomic E-state index is 2.41. The molecule has 0 amide bonds. The maximum Gasteiger partial charge on any atom is 0.0819 e. The van der Waals surface area contributed by atoms with Crippen molar-refractivity contribution >= 4 is 49.4 Å². The molecule has 0 spiro atoms. The molecular formula is C32H59GeNSi2. The Balaban J connectivity index is 0. The van der Waals surface area contributed by atoms with Crippen molar-refractivity contribution in [1.82, 2.24) is 0 Å². The smallest absolute Gasteiger partial charge is 0.0819 e. The molecule has 0 bridgehead atoms. The first kappa shape index (κ1) is 37.4. The molecule has 4 heteroatoms. The zero-order valence-corrected chi connectivity index (χ0v) is 29.8. The maximum atomic E-state index is 2.41. The molecule has 0 atom stereocenters. The summed E-state index contributed by atoms with van der Waals surface area (Å²) in [5.74, 6) is 1.90. The van der Waals surface area contributed by atoms with Crippen LogP contribution in [0.15, 0.2) is 36.4 Å². The molecule has 0 fully saturated rings. The van der Waals surface area contributed by atoms with Crippen LogP contribution in [0.25, 0.3) is 0 Å². The molecule has 0 aromatic heterocycles. The average Bonchev–Trinajstić information content (AvgIpc) is 2.80. The third-order valence-electron chi connectivity index (χ3n) is 6.60. The molecule has 2 aromatic carbocycles. The summed E-state index contributed by atoms with van der Waals surface area (Å²) in [6, 6.07) is 17.9. The summed E-state index contributed by atoms with van der Waals surface area (Å²) in [6.45, 7) is 25.3. The van der Waals surface area contributed by atoms with Crippen molar-refractivity contribution in [2.45, 2.75) is 119 Å². The van der Waals surface area contributed by atoms with Gasteiger partial charge < -0.3 is 4.90 Å². The van der Waals surface area contributed by atoms with Gasteiger partial charge in [0.1, 0.15) is 0 Å². The summed E-state index contributed by atoms with van der Waals surface area (Å²) in [5.41, 5.74) is 5.97. The van der Waals surface area contributed by atoms with E-state index >= 15 is 0 Å². The van der Waals surface area contributed by atoms with Gasteiger partial charge >= 0.3 is 109 Å². The van der Waals surface area contributed by atoms with Crippen LogP contribution in [0, 0.1) is 0 Å². The van der Waals surface area contributed by atoms with E-state index in [1.54, 1.807) is 32.0 Å². The van der Waals surface area contributed by atoms with Gasteiger partial charge in [0, 0.05) is 28.6 Å². The molecular weight excluding hydrogens is 527 g/mol. The molecule has 1 nitrogen and oxygen atoms in total. The van der Waals surface area contributed by atoms with Gasteiger partial charge in [-0.2, -0.15) is 0 Å². The molecule has 2 aromatic rings. The Morgan fingerprint density at radius 1 is 0.750 bits per heavy atom. The van der Waals surface area contributed by atoms with Crippen LogP contribution >= 0.6 is 0 Å². The minimum absolute atomic E-state index is 0. The number of hydrogen-bond acceptors (Lipinski definition) is 1. The molecule has 0 saturated carbocycles. The Bertz CT molecular complexity index is 778. The van der Waals surface area contributed by atoms with Gasteiger partial charge in [-0.05, 0) is 11.3 Å². The van der Waals surface area contributed by atoms with Crippen molar-refractivity contribution < 1.29 is 0 Å². The van der Waals surface area contributed by atoms with Crippen LogP contribution < -0.4 is 14.5 Å². The van der Waals surface area contributed by atoms with Crippen LogP contribution in [-0.2, 0) is 0 Å². The van der Waals surface area contributed by atoms with Crippen LogP contribution in [0.1, 0.15) is 104 Å². The standard InChI is InChI=1S/C15H24Ge.C10H16NSi.C6H15Si.CH4/c1-9(2)12-7-13(10(3)4)15(16)14(8-12)11(5)6;1-11(2)9-7-5-6-8-10(9)12(3)4;1-4-7(5-2)6-3;/h7-11,16H,1-6H3;5-8H,1-4H3;4-6H2,1-3H3;1H4. The van der Waals surface area contributed by atoms with E-state index in [2.05, 4.69) is 131 Å². The monoisotopic (exact) mass is 587 g/mol. The van der Waals surface area contributed by atoms with Crippen LogP contribution in [0.5, 0.6) is 0 Å². The molecule has 0 aliphatic carbocycles. The molecule has 0 unspecified atom stereocenters. The van der Waals surface area contributed by atoms with E-state index in [0.717, 1.165) is 0 Å². The number of para-hydroxylation sites is 1. The zero-order chi connectivity index (χ0) is 27.3. The predicted molar refractivity (Wildman–Crippen MR) is 177 cm³/mol. The predicted octanol–water partition coefficient (Wildman–Crippen LogP) is 8.47. The van der Waals surface area contributed by atoms with E-state index in [4.69, 9.17) is 0 Å². The number of benzene rings is 2. The largest absolute Gasteiger partial charge is 0.378 e. The van der Waals surface area contributed by atoms with Gasteiger partial charge in [0.05, 0.1) is 8.80 Å². The second-order valence-electron chi connectivity index (χ2n) is 10.8. The van der Waals surface area contributed by atoms with Crippen molar-refractivity contribution in [3.8, 4) is 0 Å². The van der Waals surface area contributed by atoms with Gasteiger partial charge in [-0.3, -0.25) is 0 Å². The Morgan fingerprint density at radius 2 is 1.17 bits per heavy atom. The van der Waals surface area contributed by atoms with Gasteiger partial charge in [-0.15, -0.1) is 0 Å². The molecule has 0 aliphatic rings. The van der Waals surface area contributed by atoms with Gasteiger partial charge in [0.25, 0.3) is 0 Å². The van der Waals surface area contributed by atoms with E-state index in [1.807, 2.05) is 0 Å². The molecule has 36 heavy (non-hydrogen) atoms. The summed E-state index contributed by atoms with van der Waals surface area (Å²) in [7, 11) is 4.01. The SMILES string of the molecule is C.CC(C)c1cc(C(C)C)[c]([GeH])c(C(C)C)c1.CC[Si](CC)CC.CN(C)c1ccccc1[Si](C)C. The third-order valence-corrected chi connectivity index (χ3v) is 12.5. The summed E-state index contributed by atoms with van der Waals surface area (Å²) in [5, 5.41) is 1.52. The van der Waals surface area contributed by atoms with Crippen molar-refractivity contribution in [1.29, 1.82) is 0 Å². The van der Waals surface area contributed by atoms with E-state index in [9.17, 15) is 0 Å². The van der Waals surface area contributed by atoms with Crippen molar-refractivity contribution in [3.63, 3.8) is 0 Å². The normalized spacial score (nSPS) is 10.8. The fraction of sp³-hybridized carbons (Fsp3) is 0.625. The summed E-state index contributed by atoms with van der Waals surface area (Å²) < 4.78 is 1.56. The number of nitrogens with zero attached hydrogens (tertiary/aromatic N) is 1. The molecule has 0 aliphatic heterocycles. The molecule has 0 heterocycles. The van der Waals surface area contributed by atoms with Gasteiger partial charge in [-0.1, -0.05) is 77.6 Å². The Hall–Kier alpha value is -0.783. The number of rotatable bonds is 8. The number of anilines is 1. The van der Waals surface area contributed by atoms with Gasteiger partial charge in [0.15, 0.2) is 0 Å². The topological polar surface area (TPSA) is 3.24 Å². The fourth-order valence-electron chi connectivity index (χ4n) is 4.05. The summed E-state index contributed by atoms with van der Waals surface area (Å²) in [6.07, 6.45) is 0.